The van der Waals surface area contributed by atoms with E-state index >= 15 is 0 Å². The highest BCUT2D eigenvalue weighted by molar-refractivity contribution is 8.14. The zero-order valence-electron chi connectivity index (χ0n) is 11.4. The second kappa shape index (κ2) is 7.53. The van der Waals surface area contributed by atoms with Crippen LogP contribution in [0.25, 0.3) is 0 Å². The zero-order chi connectivity index (χ0) is 15.1. The van der Waals surface area contributed by atoms with Crippen molar-refractivity contribution in [3.05, 3.63) is 24.3 Å². The summed E-state index contributed by atoms with van der Waals surface area (Å²) in [6.07, 6.45) is -0.757. The molecule has 2 amide bonds. The molecule has 8 heteroatoms. The van der Waals surface area contributed by atoms with Crippen LogP contribution in [0, 0.1) is 0 Å². The van der Waals surface area contributed by atoms with E-state index in [0.717, 1.165) is 12.3 Å². The number of rotatable bonds is 3. The van der Waals surface area contributed by atoms with Gasteiger partial charge in [-0.15, -0.1) is 0 Å². The Kier molecular flexibility index (Phi) is 5.44. The van der Waals surface area contributed by atoms with Gasteiger partial charge < -0.3 is 14.8 Å². The van der Waals surface area contributed by atoms with Crippen molar-refractivity contribution in [1.82, 2.24) is 5.32 Å². The van der Waals surface area contributed by atoms with Crippen molar-refractivity contribution in [2.24, 2.45) is 4.99 Å². The van der Waals surface area contributed by atoms with Crippen LogP contribution in [0.2, 0.25) is 0 Å². The molecule has 1 aliphatic rings. The fraction of sp³-hybridized carbons (Fsp3) is 0.308. The first-order chi connectivity index (χ1) is 10.2. The Hall–Kier alpha value is -2.22. The Bertz CT molecular complexity index is 545. The molecule has 0 saturated heterocycles. The minimum Gasteiger partial charge on any atom is -0.434 e. The number of hydrogen-bond acceptors (Lipinski definition) is 6. The molecule has 0 spiro atoms. The predicted octanol–water partition coefficient (Wildman–Crippen LogP) is 2.45. The van der Waals surface area contributed by atoms with Gasteiger partial charge >= 0.3 is 12.2 Å². The number of thioether (sulfide) groups is 1. The standard InChI is InChI=1S/C13H15N3O4S/c1-2-19-13(18)20-10-5-3-9(4-6-10)15-11(17)16-12-14-7-8-21-12/h3-6H,2,7-8H2,1H3,(H2,14,15,16,17). The molecule has 1 aliphatic heterocycles. The number of ether oxygens (including phenoxy) is 2. The van der Waals surface area contributed by atoms with Crippen LogP contribution in [0.1, 0.15) is 6.92 Å². The highest BCUT2D eigenvalue weighted by Crippen LogP contribution is 2.16. The molecule has 1 aromatic carbocycles. The third-order valence-corrected chi connectivity index (χ3v) is 3.27. The maximum absolute atomic E-state index is 11.7. The lowest BCUT2D eigenvalue weighted by Crippen LogP contribution is -2.31. The number of amidine groups is 1. The molecule has 0 unspecified atom stereocenters. The minimum atomic E-state index is -0.757. The summed E-state index contributed by atoms with van der Waals surface area (Å²) in [5.41, 5.74) is 0.576. The number of carbonyl (C=O) groups is 2. The lowest BCUT2D eigenvalue weighted by Gasteiger charge is -2.08. The van der Waals surface area contributed by atoms with Gasteiger partial charge in [-0.3, -0.25) is 10.3 Å². The number of benzene rings is 1. The van der Waals surface area contributed by atoms with Gasteiger partial charge in [0.2, 0.25) is 0 Å². The molecule has 112 valence electrons. The molecule has 0 saturated carbocycles. The first-order valence-electron chi connectivity index (χ1n) is 6.37. The molecular formula is C13H15N3O4S. The molecule has 0 atom stereocenters. The normalized spacial score (nSPS) is 13.3. The summed E-state index contributed by atoms with van der Waals surface area (Å²) in [5.74, 6) is 1.23. The molecule has 7 nitrogen and oxygen atoms in total. The number of nitrogens with one attached hydrogen (secondary N) is 2. The van der Waals surface area contributed by atoms with Crippen molar-refractivity contribution >= 4 is 34.8 Å². The molecule has 21 heavy (non-hydrogen) atoms. The number of aliphatic imine (C=N–C) groups is 1. The van der Waals surface area contributed by atoms with Crippen LogP contribution in [0.5, 0.6) is 5.75 Å². The van der Waals surface area contributed by atoms with E-state index in [1.807, 2.05) is 0 Å². The second-order valence-corrected chi connectivity index (χ2v) is 5.01. The van der Waals surface area contributed by atoms with Crippen molar-refractivity contribution in [3.63, 3.8) is 0 Å². The average molecular weight is 309 g/mol. The molecule has 2 N–H and O–H groups in total. The van der Waals surface area contributed by atoms with Gasteiger partial charge in [-0.2, -0.15) is 0 Å². The molecular weight excluding hydrogens is 294 g/mol. The fourth-order valence-electron chi connectivity index (χ4n) is 1.52. The van der Waals surface area contributed by atoms with Crippen molar-refractivity contribution in [1.29, 1.82) is 0 Å². The van der Waals surface area contributed by atoms with Crippen LogP contribution in [0.3, 0.4) is 0 Å². The largest absolute Gasteiger partial charge is 0.513 e. The topological polar surface area (TPSA) is 89.0 Å². The Morgan fingerprint density at radius 1 is 1.29 bits per heavy atom. The van der Waals surface area contributed by atoms with Crippen molar-refractivity contribution in [2.75, 3.05) is 24.2 Å². The van der Waals surface area contributed by atoms with Gasteiger partial charge in [-0.05, 0) is 31.2 Å². The molecule has 0 fully saturated rings. The van der Waals surface area contributed by atoms with E-state index in [0.29, 0.717) is 16.6 Å². The SMILES string of the molecule is CCOC(=O)Oc1ccc(NC(=O)NC2=NCCS2)cc1. The van der Waals surface area contributed by atoms with Gasteiger partial charge in [0.15, 0.2) is 5.17 Å². The van der Waals surface area contributed by atoms with Crippen LogP contribution in [-0.2, 0) is 4.74 Å². The molecule has 2 rings (SSSR count). The van der Waals surface area contributed by atoms with E-state index in [9.17, 15) is 9.59 Å². The highest BCUT2D eigenvalue weighted by Gasteiger charge is 2.11. The smallest absolute Gasteiger partial charge is 0.434 e. The number of carbonyl (C=O) groups excluding carboxylic acids is 2. The Balaban J connectivity index is 1.84. The summed E-state index contributed by atoms with van der Waals surface area (Å²) in [4.78, 5) is 26.9. The van der Waals surface area contributed by atoms with E-state index in [4.69, 9.17) is 4.74 Å². The molecule has 0 aliphatic carbocycles. The number of hydrogen-bond donors (Lipinski definition) is 2. The first-order valence-corrected chi connectivity index (χ1v) is 7.36. The average Bonchev–Trinajstić information content (AvgIpc) is 2.94. The third kappa shape index (κ3) is 4.99. The van der Waals surface area contributed by atoms with Gasteiger partial charge in [0.05, 0.1) is 13.2 Å². The van der Waals surface area contributed by atoms with E-state index in [-0.39, 0.29) is 12.6 Å². The molecule has 1 heterocycles. The first kappa shape index (κ1) is 15.2. The maximum Gasteiger partial charge on any atom is 0.513 e. The van der Waals surface area contributed by atoms with E-state index in [2.05, 4.69) is 20.4 Å². The Labute approximate surface area is 126 Å². The quantitative estimate of drug-likeness (QED) is 0.661. The summed E-state index contributed by atoms with van der Waals surface area (Å²) < 4.78 is 9.57. The highest BCUT2D eigenvalue weighted by atomic mass is 32.2. The van der Waals surface area contributed by atoms with Gasteiger partial charge in [0.1, 0.15) is 5.75 Å². The fourth-order valence-corrected chi connectivity index (χ4v) is 2.24. The lowest BCUT2D eigenvalue weighted by molar-refractivity contribution is 0.104. The summed E-state index contributed by atoms with van der Waals surface area (Å²) >= 11 is 1.50. The Morgan fingerprint density at radius 2 is 2.05 bits per heavy atom. The van der Waals surface area contributed by atoms with Crippen molar-refractivity contribution in [3.8, 4) is 5.75 Å². The number of nitrogens with zero attached hydrogens (tertiary/aromatic N) is 1. The maximum atomic E-state index is 11.7. The van der Waals surface area contributed by atoms with E-state index in [1.54, 1.807) is 31.2 Å². The van der Waals surface area contributed by atoms with E-state index in [1.165, 1.54) is 11.8 Å². The number of amides is 2. The van der Waals surface area contributed by atoms with Crippen molar-refractivity contribution in [2.45, 2.75) is 6.92 Å². The number of anilines is 1. The molecule has 0 radical (unpaired) electrons. The third-order valence-electron chi connectivity index (χ3n) is 2.38. The summed E-state index contributed by atoms with van der Waals surface area (Å²) in [7, 11) is 0. The molecule has 1 aromatic rings. The van der Waals surface area contributed by atoms with Crippen LogP contribution >= 0.6 is 11.8 Å². The molecule has 0 aromatic heterocycles. The van der Waals surface area contributed by atoms with Crippen LogP contribution in [-0.4, -0.2) is 36.3 Å². The lowest BCUT2D eigenvalue weighted by atomic mass is 10.3. The van der Waals surface area contributed by atoms with Gasteiger partial charge in [-0.25, -0.2) is 9.59 Å². The second-order valence-electron chi connectivity index (χ2n) is 3.92. The molecule has 0 bridgehead atoms. The number of urea groups is 1. The van der Waals surface area contributed by atoms with Crippen LogP contribution in [0.4, 0.5) is 15.3 Å². The van der Waals surface area contributed by atoms with Gasteiger partial charge in [0, 0.05) is 11.4 Å². The van der Waals surface area contributed by atoms with Crippen molar-refractivity contribution < 1.29 is 19.1 Å². The van der Waals surface area contributed by atoms with E-state index < -0.39 is 6.16 Å². The Morgan fingerprint density at radius 3 is 2.67 bits per heavy atom. The predicted molar refractivity (Wildman–Crippen MR) is 81.0 cm³/mol. The minimum absolute atomic E-state index is 0.251. The summed E-state index contributed by atoms with van der Waals surface area (Å²) in [5, 5.41) is 5.93. The van der Waals surface area contributed by atoms with Gasteiger partial charge in [-0.1, -0.05) is 11.8 Å². The van der Waals surface area contributed by atoms with Crippen LogP contribution < -0.4 is 15.4 Å². The van der Waals surface area contributed by atoms with Gasteiger partial charge in [0.25, 0.3) is 0 Å². The zero-order valence-corrected chi connectivity index (χ0v) is 12.2. The summed E-state index contributed by atoms with van der Waals surface area (Å²) in [6.45, 7) is 2.67. The summed E-state index contributed by atoms with van der Waals surface area (Å²) in [6, 6.07) is 6.01. The van der Waals surface area contributed by atoms with Crippen LogP contribution in [0.15, 0.2) is 29.3 Å². The monoisotopic (exact) mass is 309 g/mol.